The van der Waals surface area contributed by atoms with Crippen molar-refractivity contribution in [1.29, 1.82) is 0 Å². The average molecular weight is 468 g/mol. The Labute approximate surface area is 181 Å². The molecule has 2 heterocycles. The largest absolute Gasteiger partial charge is 0.308 e. The second-order valence-corrected chi connectivity index (χ2v) is 8.80. The van der Waals surface area contributed by atoms with E-state index in [1.807, 2.05) is 49.4 Å². The van der Waals surface area contributed by atoms with Crippen molar-refractivity contribution in [2.24, 2.45) is 0 Å². The predicted molar refractivity (Wildman–Crippen MR) is 120 cm³/mol. The number of hydrogen-bond acceptors (Lipinski definition) is 4. The summed E-state index contributed by atoms with van der Waals surface area (Å²) < 4.78 is 1.00. The molecular formula is C22H18BrN3O2S. The van der Waals surface area contributed by atoms with Crippen LogP contribution in [0.15, 0.2) is 59.6 Å². The number of nitrogens with zero attached hydrogens (tertiary/aromatic N) is 2. The number of hydrogen-bond donors (Lipinski definition) is 1. The fraction of sp³-hybridized carbons (Fsp3) is 0.136. The lowest BCUT2D eigenvalue weighted by Gasteiger charge is -2.16. The molecule has 3 aromatic rings. The fourth-order valence-electron chi connectivity index (χ4n) is 3.29. The van der Waals surface area contributed by atoms with Gasteiger partial charge in [-0.3, -0.25) is 9.59 Å². The normalized spacial score (nSPS) is 13.0. The van der Waals surface area contributed by atoms with E-state index in [0.717, 1.165) is 26.2 Å². The zero-order valence-corrected chi connectivity index (χ0v) is 18.1. The van der Waals surface area contributed by atoms with Gasteiger partial charge in [0, 0.05) is 44.7 Å². The molecule has 4 rings (SSSR count). The van der Waals surface area contributed by atoms with Crippen molar-refractivity contribution in [3.05, 3.63) is 75.6 Å². The minimum atomic E-state index is -0.183. The van der Waals surface area contributed by atoms with Gasteiger partial charge in [-0.1, -0.05) is 52.8 Å². The molecule has 2 aromatic carbocycles. The Bertz CT molecular complexity index is 1090. The molecular weight excluding hydrogens is 450 g/mol. The van der Waals surface area contributed by atoms with Crippen LogP contribution in [0.5, 0.6) is 0 Å². The van der Waals surface area contributed by atoms with Crippen LogP contribution in [0.4, 0.5) is 5.13 Å². The van der Waals surface area contributed by atoms with Gasteiger partial charge in [0.25, 0.3) is 5.91 Å². The van der Waals surface area contributed by atoms with Gasteiger partial charge < -0.3 is 10.2 Å². The van der Waals surface area contributed by atoms with Crippen LogP contribution < -0.4 is 5.32 Å². The predicted octanol–water partition coefficient (Wildman–Crippen LogP) is 5.34. The number of carbonyl (C=O) groups is 2. The highest BCUT2D eigenvalue weighted by atomic mass is 79.9. The van der Waals surface area contributed by atoms with Gasteiger partial charge in [-0.2, -0.15) is 0 Å². The third-order valence-corrected chi connectivity index (χ3v) is 6.18. The number of aromatic nitrogens is 1. The number of aryl methyl sites for hydroxylation is 1. The summed E-state index contributed by atoms with van der Waals surface area (Å²) in [5.74, 6) is -0.293. The summed E-state index contributed by atoms with van der Waals surface area (Å²) in [6, 6.07) is 15.3. The number of anilines is 1. The first-order valence-corrected chi connectivity index (χ1v) is 10.7. The van der Waals surface area contributed by atoms with Crippen LogP contribution in [0.2, 0.25) is 0 Å². The van der Waals surface area contributed by atoms with Gasteiger partial charge in [-0.15, -0.1) is 11.3 Å². The molecule has 0 saturated heterocycles. The molecule has 146 valence electrons. The van der Waals surface area contributed by atoms with Crippen LogP contribution in [0.3, 0.4) is 0 Å². The maximum atomic E-state index is 12.5. The second kappa shape index (κ2) is 7.93. The molecule has 7 heteroatoms. The van der Waals surface area contributed by atoms with E-state index in [0.29, 0.717) is 16.4 Å². The Kier molecular flexibility index (Phi) is 5.34. The summed E-state index contributed by atoms with van der Waals surface area (Å²) >= 11 is 4.87. The molecule has 0 unspecified atom stereocenters. The lowest BCUT2D eigenvalue weighted by atomic mass is 10.1. The van der Waals surface area contributed by atoms with Gasteiger partial charge in [-0.05, 0) is 25.1 Å². The van der Waals surface area contributed by atoms with Crippen LogP contribution in [0.25, 0.3) is 17.0 Å². The summed E-state index contributed by atoms with van der Waals surface area (Å²) in [7, 11) is 0. The van der Waals surface area contributed by atoms with E-state index < -0.39 is 0 Å². The number of benzene rings is 2. The van der Waals surface area contributed by atoms with Crippen LogP contribution >= 0.6 is 27.3 Å². The molecule has 0 bridgehead atoms. The monoisotopic (exact) mass is 467 g/mol. The van der Waals surface area contributed by atoms with Crippen LogP contribution in [-0.2, 0) is 4.79 Å². The zero-order chi connectivity index (χ0) is 20.5. The van der Waals surface area contributed by atoms with Crippen molar-refractivity contribution in [1.82, 2.24) is 9.88 Å². The van der Waals surface area contributed by atoms with Crippen LogP contribution in [-0.4, -0.2) is 28.2 Å². The molecule has 0 aliphatic carbocycles. The van der Waals surface area contributed by atoms with E-state index in [1.54, 1.807) is 11.0 Å². The molecule has 1 aromatic heterocycles. The number of fused-ring (bicyclic) bond motifs is 1. The molecule has 0 atom stereocenters. The van der Waals surface area contributed by atoms with Crippen LogP contribution in [0, 0.1) is 6.92 Å². The summed E-state index contributed by atoms with van der Waals surface area (Å²) in [5.41, 5.74) is 3.96. The van der Waals surface area contributed by atoms with E-state index in [-0.39, 0.29) is 24.8 Å². The molecule has 2 amide bonds. The highest BCUT2D eigenvalue weighted by Gasteiger charge is 2.30. The SMILES string of the molecule is C=C1c2ccccc2C(=O)N1CCC(=O)Nc1nc(-c2ccc(Br)cc2)c(C)s1. The molecule has 1 N–H and O–H groups in total. The van der Waals surface area contributed by atoms with Crippen LogP contribution in [0.1, 0.15) is 27.2 Å². The van der Waals surface area contributed by atoms with E-state index in [4.69, 9.17) is 0 Å². The van der Waals surface area contributed by atoms with Crippen molar-refractivity contribution in [3.8, 4) is 11.3 Å². The van der Waals surface area contributed by atoms with E-state index in [2.05, 4.69) is 32.8 Å². The average Bonchev–Trinajstić information content (AvgIpc) is 3.19. The number of nitrogens with one attached hydrogen (secondary N) is 1. The minimum absolute atomic E-state index is 0.110. The first kappa shape index (κ1) is 19.5. The highest BCUT2D eigenvalue weighted by molar-refractivity contribution is 9.10. The lowest BCUT2D eigenvalue weighted by Crippen LogP contribution is -2.27. The molecule has 0 radical (unpaired) electrons. The van der Waals surface area contributed by atoms with Crippen molar-refractivity contribution >= 4 is 49.9 Å². The van der Waals surface area contributed by atoms with E-state index in [1.165, 1.54) is 11.3 Å². The van der Waals surface area contributed by atoms with Gasteiger partial charge in [0.15, 0.2) is 5.13 Å². The maximum absolute atomic E-state index is 12.5. The van der Waals surface area contributed by atoms with Crippen molar-refractivity contribution in [3.63, 3.8) is 0 Å². The van der Waals surface area contributed by atoms with Gasteiger partial charge >= 0.3 is 0 Å². The number of rotatable bonds is 5. The molecule has 5 nitrogen and oxygen atoms in total. The maximum Gasteiger partial charge on any atom is 0.258 e. The van der Waals surface area contributed by atoms with Gasteiger partial charge in [0.05, 0.1) is 5.69 Å². The minimum Gasteiger partial charge on any atom is -0.308 e. The summed E-state index contributed by atoms with van der Waals surface area (Å²) in [6.07, 6.45) is 0.172. The molecule has 0 saturated carbocycles. The van der Waals surface area contributed by atoms with Gasteiger partial charge in [-0.25, -0.2) is 4.98 Å². The first-order chi connectivity index (χ1) is 13.9. The summed E-state index contributed by atoms with van der Waals surface area (Å²) in [6.45, 7) is 6.26. The Morgan fingerprint density at radius 1 is 1.17 bits per heavy atom. The smallest absolute Gasteiger partial charge is 0.258 e. The number of amides is 2. The standard InChI is InChI=1S/C22H18BrN3O2S/c1-13-17-5-3-4-6-18(17)21(28)26(13)12-11-19(27)24-22-25-20(14(2)29-22)15-7-9-16(23)10-8-15/h3-10H,1,11-12H2,2H3,(H,24,25,27). The Hall–Kier alpha value is -2.77. The van der Waals surface area contributed by atoms with Crippen molar-refractivity contribution in [2.45, 2.75) is 13.3 Å². The Balaban J connectivity index is 1.40. The first-order valence-electron chi connectivity index (χ1n) is 9.07. The Morgan fingerprint density at radius 3 is 2.55 bits per heavy atom. The topological polar surface area (TPSA) is 62.3 Å². The highest BCUT2D eigenvalue weighted by Crippen LogP contribution is 2.32. The molecule has 29 heavy (non-hydrogen) atoms. The van der Waals surface area contributed by atoms with Gasteiger partial charge in [0.2, 0.25) is 5.91 Å². The summed E-state index contributed by atoms with van der Waals surface area (Å²) in [4.78, 5) is 32.1. The van der Waals surface area contributed by atoms with E-state index >= 15 is 0 Å². The van der Waals surface area contributed by atoms with Gasteiger partial charge in [0.1, 0.15) is 0 Å². The Morgan fingerprint density at radius 2 is 1.86 bits per heavy atom. The molecule has 1 aliphatic heterocycles. The third-order valence-electron chi connectivity index (χ3n) is 4.76. The zero-order valence-electron chi connectivity index (χ0n) is 15.7. The van der Waals surface area contributed by atoms with Crippen molar-refractivity contribution in [2.75, 3.05) is 11.9 Å². The van der Waals surface area contributed by atoms with E-state index in [9.17, 15) is 9.59 Å². The third kappa shape index (κ3) is 3.88. The lowest BCUT2D eigenvalue weighted by molar-refractivity contribution is -0.116. The quantitative estimate of drug-likeness (QED) is 0.550. The summed E-state index contributed by atoms with van der Waals surface area (Å²) in [5, 5.41) is 3.41. The fourth-order valence-corrected chi connectivity index (χ4v) is 4.41. The number of thiazole rings is 1. The van der Waals surface area contributed by atoms with Crippen molar-refractivity contribution < 1.29 is 9.59 Å². The molecule has 0 fully saturated rings. The number of halogens is 1. The second-order valence-electron chi connectivity index (χ2n) is 6.68. The number of carbonyl (C=O) groups excluding carboxylic acids is 2. The molecule has 0 spiro atoms. The molecule has 1 aliphatic rings.